The second-order valence-corrected chi connectivity index (χ2v) is 4.42. The van der Waals surface area contributed by atoms with Gasteiger partial charge in [-0.15, -0.1) is 0 Å². The summed E-state index contributed by atoms with van der Waals surface area (Å²) in [5, 5.41) is 2.96. The van der Waals surface area contributed by atoms with Crippen LogP contribution < -0.4 is 11.1 Å². The first-order chi connectivity index (χ1) is 9.29. The molecule has 0 aliphatic carbocycles. The van der Waals surface area contributed by atoms with Crippen LogP contribution in [0.25, 0.3) is 0 Å². The van der Waals surface area contributed by atoms with E-state index >= 15 is 0 Å². The van der Waals surface area contributed by atoms with E-state index in [-0.39, 0.29) is 11.8 Å². The summed E-state index contributed by atoms with van der Waals surface area (Å²) < 4.78 is 5.26. The van der Waals surface area contributed by atoms with Crippen LogP contribution in [-0.2, 0) is 9.53 Å². The van der Waals surface area contributed by atoms with Gasteiger partial charge in [-0.05, 0) is 18.4 Å². The minimum Gasteiger partial charge on any atom is -0.380 e. The number of rotatable bonds is 9. The van der Waals surface area contributed by atoms with E-state index in [2.05, 4.69) is 5.32 Å². The normalized spacial score (nSPS) is 12.1. The second kappa shape index (κ2) is 9.53. The Hall–Kier alpha value is -1.39. The fourth-order valence-corrected chi connectivity index (χ4v) is 1.95. The van der Waals surface area contributed by atoms with Crippen LogP contribution in [0.15, 0.2) is 30.3 Å². The van der Waals surface area contributed by atoms with Gasteiger partial charge in [-0.1, -0.05) is 37.3 Å². The Morgan fingerprint density at radius 1 is 1.32 bits per heavy atom. The molecule has 1 amide bonds. The van der Waals surface area contributed by atoms with Gasteiger partial charge in [-0.2, -0.15) is 0 Å². The van der Waals surface area contributed by atoms with Crippen molar-refractivity contribution in [2.24, 2.45) is 5.73 Å². The van der Waals surface area contributed by atoms with E-state index in [1.54, 1.807) is 0 Å². The molecule has 19 heavy (non-hydrogen) atoms. The smallest absolute Gasteiger partial charge is 0.227 e. The molecule has 0 fully saturated rings. The first kappa shape index (κ1) is 15.7. The molecule has 0 radical (unpaired) electrons. The molecule has 4 heteroatoms. The molecule has 1 rings (SSSR count). The van der Waals surface area contributed by atoms with Crippen LogP contribution in [-0.4, -0.2) is 32.2 Å². The van der Waals surface area contributed by atoms with E-state index in [0.29, 0.717) is 26.3 Å². The molecule has 0 spiro atoms. The predicted molar refractivity (Wildman–Crippen MR) is 77.0 cm³/mol. The van der Waals surface area contributed by atoms with Crippen molar-refractivity contribution in [1.29, 1.82) is 0 Å². The number of nitrogens with one attached hydrogen (secondary N) is 1. The molecule has 4 nitrogen and oxygen atoms in total. The van der Waals surface area contributed by atoms with E-state index in [0.717, 1.165) is 18.4 Å². The molecule has 3 N–H and O–H groups in total. The Morgan fingerprint density at radius 3 is 2.68 bits per heavy atom. The lowest BCUT2D eigenvalue weighted by atomic mass is 9.96. The van der Waals surface area contributed by atoms with Gasteiger partial charge in [-0.3, -0.25) is 4.79 Å². The summed E-state index contributed by atoms with van der Waals surface area (Å²) in [6.45, 7) is 4.43. The maximum atomic E-state index is 12.1. The Kier molecular flexibility index (Phi) is 7.86. The molecule has 1 aromatic carbocycles. The summed E-state index contributed by atoms with van der Waals surface area (Å²) in [4.78, 5) is 12.1. The lowest BCUT2D eigenvalue weighted by Crippen LogP contribution is -2.30. The maximum absolute atomic E-state index is 12.1. The number of amides is 1. The third-order valence-electron chi connectivity index (χ3n) is 2.95. The van der Waals surface area contributed by atoms with Crippen LogP contribution in [0.3, 0.4) is 0 Å². The highest BCUT2D eigenvalue weighted by molar-refractivity contribution is 5.83. The van der Waals surface area contributed by atoms with Gasteiger partial charge in [0.2, 0.25) is 5.91 Å². The van der Waals surface area contributed by atoms with Crippen molar-refractivity contribution in [1.82, 2.24) is 5.32 Å². The molecule has 0 aliphatic heterocycles. The lowest BCUT2D eigenvalue weighted by molar-refractivity contribution is -0.122. The molecule has 0 heterocycles. The Labute approximate surface area is 115 Å². The molecule has 1 atom stereocenters. The van der Waals surface area contributed by atoms with Crippen molar-refractivity contribution in [2.45, 2.75) is 25.7 Å². The minimum atomic E-state index is -0.0637. The monoisotopic (exact) mass is 264 g/mol. The van der Waals surface area contributed by atoms with E-state index in [9.17, 15) is 4.79 Å². The van der Waals surface area contributed by atoms with Crippen molar-refractivity contribution in [3.8, 4) is 0 Å². The van der Waals surface area contributed by atoms with Crippen LogP contribution in [0.2, 0.25) is 0 Å². The Balaban J connectivity index is 2.31. The average molecular weight is 264 g/mol. The largest absolute Gasteiger partial charge is 0.380 e. The molecule has 0 bridgehead atoms. The summed E-state index contributed by atoms with van der Waals surface area (Å²) in [7, 11) is 0. The summed E-state index contributed by atoms with van der Waals surface area (Å²) >= 11 is 0. The third kappa shape index (κ3) is 5.85. The Bertz CT molecular complexity index is 354. The first-order valence-electron chi connectivity index (χ1n) is 6.90. The van der Waals surface area contributed by atoms with E-state index in [4.69, 9.17) is 10.5 Å². The zero-order valence-corrected chi connectivity index (χ0v) is 11.6. The van der Waals surface area contributed by atoms with Crippen LogP contribution >= 0.6 is 0 Å². The van der Waals surface area contributed by atoms with Crippen molar-refractivity contribution < 1.29 is 9.53 Å². The van der Waals surface area contributed by atoms with Crippen molar-refractivity contribution in [3.05, 3.63) is 35.9 Å². The number of carbonyl (C=O) groups excluding carboxylic acids is 1. The quantitative estimate of drug-likeness (QED) is 0.667. The number of hydrogen-bond donors (Lipinski definition) is 2. The number of benzene rings is 1. The topological polar surface area (TPSA) is 64.3 Å². The van der Waals surface area contributed by atoms with Crippen molar-refractivity contribution >= 4 is 5.91 Å². The number of ether oxygens (including phenoxy) is 1. The molecular weight excluding hydrogens is 240 g/mol. The molecule has 106 valence electrons. The van der Waals surface area contributed by atoms with Crippen molar-refractivity contribution in [2.75, 3.05) is 26.3 Å². The zero-order chi connectivity index (χ0) is 13.9. The van der Waals surface area contributed by atoms with Crippen LogP contribution in [0.5, 0.6) is 0 Å². The SMILES string of the molecule is CCC(C(=O)NCCCOCCN)c1ccccc1. The summed E-state index contributed by atoms with van der Waals surface area (Å²) in [6, 6.07) is 9.89. The summed E-state index contributed by atoms with van der Waals surface area (Å²) in [6.07, 6.45) is 1.62. The van der Waals surface area contributed by atoms with E-state index in [1.807, 2.05) is 37.3 Å². The van der Waals surface area contributed by atoms with Crippen LogP contribution in [0.1, 0.15) is 31.2 Å². The van der Waals surface area contributed by atoms with Gasteiger partial charge in [0.1, 0.15) is 0 Å². The number of nitrogens with two attached hydrogens (primary N) is 1. The molecule has 1 aromatic rings. The average Bonchev–Trinajstić information content (AvgIpc) is 2.45. The highest BCUT2D eigenvalue weighted by Crippen LogP contribution is 2.18. The predicted octanol–water partition coefficient (Wildman–Crippen LogP) is 1.66. The molecule has 1 unspecified atom stereocenters. The van der Waals surface area contributed by atoms with Gasteiger partial charge in [0.25, 0.3) is 0 Å². The van der Waals surface area contributed by atoms with E-state index in [1.165, 1.54) is 0 Å². The standard InChI is InChI=1S/C15H24N2O2/c1-2-14(13-7-4-3-5-8-13)15(18)17-10-6-11-19-12-9-16/h3-5,7-8,14H,2,6,9-12,16H2,1H3,(H,17,18). The molecule has 0 aliphatic rings. The van der Waals surface area contributed by atoms with Crippen LogP contribution in [0.4, 0.5) is 0 Å². The third-order valence-corrected chi connectivity index (χ3v) is 2.95. The van der Waals surface area contributed by atoms with Crippen molar-refractivity contribution in [3.63, 3.8) is 0 Å². The fourth-order valence-electron chi connectivity index (χ4n) is 1.95. The zero-order valence-electron chi connectivity index (χ0n) is 11.6. The van der Waals surface area contributed by atoms with E-state index < -0.39 is 0 Å². The highest BCUT2D eigenvalue weighted by Gasteiger charge is 2.17. The molecule has 0 saturated heterocycles. The first-order valence-corrected chi connectivity index (χ1v) is 6.90. The summed E-state index contributed by atoms with van der Waals surface area (Å²) in [5.74, 6) is 0.0266. The second-order valence-electron chi connectivity index (χ2n) is 4.42. The number of hydrogen-bond acceptors (Lipinski definition) is 3. The van der Waals surface area contributed by atoms with Gasteiger partial charge >= 0.3 is 0 Å². The van der Waals surface area contributed by atoms with Gasteiger partial charge < -0.3 is 15.8 Å². The Morgan fingerprint density at radius 2 is 2.05 bits per heavy atom. The maximum Gasteiger partial charge on any atom is 0.227 e. The highest BCUT2D eigenvalue weighted by atomic mass is 16.5. The lowest BCUT2D eigenvalue weighted by Gasteiger charge is -2.15. The van der Waals surface area contributed by atoms with Gasteiger partial charge in [-0.25, -0.2) is 0 Å². The molecule has 0 aromatic heterocycles. The summed E-state index contributed by atoms with van der Waals surface area (Å²) in [5.41, 5.74) is 6.39. The molecule has 0 saturated carbocycles. The van der Waals surface area contributed by atoms with Gasteiger partial charge in [0.15, 0.2) is 0 Å². The van der Waals surface area contributed by atoms with Gasteiger partial charge in [0, 0.05) is 19.7 Å². The molecular formula is C15H24N2O2. The minimum absolute atomic E-state index is 0.0637. The van der Waals surface area contributed by atoms with Crippen LogP contribution in [0, 0.1) is 0 Å². The van der Waals surface area contributed by atoms with Gasteiger partial charge in [0.05, 0.1) is 12.5 Å². The fraction of sp³-hybridized carbons (Fsp3) is 0.533. The number of carbonyl (C=O) groups is 1.